The Morgan fingerprint density at radius 3 is 2.38 bits per heavy atom. The second-order valence-electron chi connectivity index (χ2n) is 6.38. The van der Waals surface area contributed by atoms with Gasteiger partial charge in [-0.15, -0.1) is 0 Å². The number of amides is 1. The number of nitro groups is 1. The van der Waals surface area contributed by atoms with Gasteiger partial charge in [0.05, 0.1) is 16.0 Å². The lowest BCUT2D eigenvalue weighted by molar-refractivity contribution is -0.385. The summed E-state index contributed by atoms with van der Waals surface area (Å²) in [6.07, 6.45) is 0.459. The van der Waals surface area contributed by atoms with Crippen LogP contribution in [0.15, 0.2) is 24.3 Å². The molecule has 0 saturated heterocycles. The summed E-state index contributed by atoms with van der Waals surface area (Å²) in [6.45, 7) is 1.75. The lowest BCUT2D eigenvalue weighted by atomic mass is 10.1. The number of carbonyl (C=O) groups is 1. The molecule has 0 saturated carbocycles. The molecule has 10 heteroatoms. The van der Waals surface area contributed by atoms with Gasteiger partial charge in [0, 0.05) is 12.6 Å². The molecule has 0 bridgehead atoms. The van der Waals surface area contributed by atoms with Crippen LogP contribution in [0.25, 0.3) is 0 Å². The van der Waals surface area contributed by atoms with E-state index >= 15 is 0 Å². The molecule has 0 aromatic heterocycles. The van der Waals surface area contributed by atoms with Crippen molar-refractivity contribution in [2.24, 2.45) is 0 Å². The maximum atomic E-state index is 12.6. The fourth-order valence-electron chi connectivity index (χ4n) is 3.14. The second kappa shape index (κ2) is 8.04. The molecule has 4 rings (SSSR count). The lowest BCUT2D eigenvalue weighted by Crippen LogP contribution is -2.27. The average Bonchev–Trinajstić information content (AvgIpc) is 2.72. The van der Waals surface area contributed by atoms with E-state index in [0.29, 0.717) is 55.1 Å². The third kappa shape index (κ3) is 4.00. The molecule has 0 atom stereocenters. The molecule has 9 nitrogen and oxygen atoms in total. The van der Waals surface area contributed by atoms with E-state index in [-0.39, 0.29) is 23.5 Å². The summed E-state index contributed by atoms with van der Waals surface area (Å²) in [7, 11) is 0. The summed E-state index contributed by atoms with van der Waals surface area (Å²) >= 11 is 6.21. The number of halogens is 1. The van der Waals surface area contributed by atoms with E-state index in [0.717, 1.165) is 5.56 Å². The van der Waals surface area contributed by atoms with Crippen LogP contribution in [-0.2, 0) is 6.42 Å². The minimum Gasteiger partial charge on any atom is -0.486 e. The predicted octanol–water partition coefficient (Wildman–Crippen LogP) is 2.76. The van der Waals surface area contributed by atoms with Gasteiger partial charge >= 0.3 is 0 Å². The minimum absolute atomic E-state index is 0.0838. The van der Waals surface area contributed by atoms with Gasteiger partial charge in [-0.1, -0.05) is 11.6 Å². The van der Waals surface area contributed by atoms with E-state index in [4.69, 9.17) is 30.5 Å². The third-order valence-corrected chi connectivity index (χ3v) is 4.74. The van der Waals surface area contributed by atoms with Crippen molar-refractivity contribution in [3.8, 4) is 23.0 Å². The quantitative estimate of drug-likeness (QED) is 0.585. The number of rotatable bonds is 5. The first-order chi connectivity index (χ1) is 14.0. The van der Waals surface area contributed by atoms with Crippen LogP contribution < -0.4 is 24.3 Å². The van der Waals surface area contributed by atoms with Gasteiger partial charge in [0.2, 0.25) is 0 Å². The summed E-state index contributed by atoms with van der Waals surface area (Å²) in [5.41, 5.74) is 0.421. The molecule has 152 valence electrons. The zero-order valence-corrected chi connectivity index (χ0v) is 16.0. The largest absolute Gasteiger partial charge is 0.486 e. The molecule has 2 heterocycles. The molecule has 0 spiro atoms. The molecule has 1 N–H and O–H groups in total. The molecule has 0 aliphatic carbocycles. The standard InChI is InChI=1S/C19H17ClN2O7/c20-13-7-11(8-17-18(13)29-6-5-28-17)1-2-21-19(23)12-9-15-16(27-4-3-26-15)10-14(12)22(24)25/h7-10H,1-6H2,(H,21,23). The van der Waals surface area contributed by atoms with Crippen molar-refractivity contribution >= 4 is 23.2 Å². The number of nitro benzene ring substituents is 1. The van der Waals surface area contributed by atoms with Crippen LogP contribution in [0.3, 0.4) is 0 Å². The van der Waals surface area contributed by atoms with Crippen molar-refractivity contribution in [1.29, 1.82) is 0 Å². The Balaban J connectivity index is 1.46. The summed E-state index contributed by atoms with van der Waals surface area (Å²) in [6, 6.07) is 6.10. The van der Waals surface area contributed by atoms with Gasteiger partial charge in [0.1, 0.15) is 32.0 Å². The highest BCUT2D eigenvalue weighted by molar-refractivity contribution is 6.32. The zero-order valence-electron chi connectivity index (χ0n) is 15.2. The Hall–Kier alpha value is -3.20. The summed E-state index contributed by atoms with van der Waals surface area (Å²) in [5, 5.41) is 14.5. The van der Waals surface area contributed by atoms with E-state index < -0.39 is 10.8 Å². The zero-order chi connectivity index (χ0) is 20.4. The highest BCUT2D eigenvalue weighted by atomic mass is 35.5. The number of ether oxygens (including phenoxy) is 4. The van der Waals surface area contributed by atoms with E-state index in [1.54, 1.807) is 12.1 Å². The highest BCUT2D eigenvalue weighted by Gasteiger charge is 2.26. The van der Waals surface area contributed by atoms with Gasteiger partial charge in [-0.3, -0.25) is 14.9 Å². The van der Waals surface area contributed by atoms with Crippen LogP contribution >= 0.6 is 11.6 Å². The van der Waals surface area contributed by atoms with Crippen LogP contribution in [-0.4, -0.2) is 43.8 Å². The fraction of sp³-hybridized carbons (Fsp3) is 0.316. The summed E-state index contributed by atoms with van der Waals surface area (Å²) in [5.74, 6) is 1.07. The van der Waals surface area contributed by atoms with Gasteiger partial charge in [-0.05, 0) is 24.1 Å². The number of nitrogens with one attached hydrogen (secondary N) is 1. The van der Waals surface area contributed by atoms with E-state index in [9.17, 15) is 14.9 Å². The van der Waals surface area contributed by atoms with Crippen LogP contribution in [0.1, 0.15) is 15.9 Å². The molecule has 2 aliphatic heterocycles. The molecule has 29 heavy (non-hydrogen) atoms. The SMILES string of the molecule is O=C(NCCc1cc(Cl)c2c(c1)OCCO2)c1cc2c(cc1[N+](=O)[O-])OCCO2. The van der Waals surface area contributed by atoms with Crippen molar-refractivity contribution in [2.75, 3.05) is 33.0 Å². The molecule has 2 aliphatic rings. The number of nitrogens with zero attached hydrogens (tertiary/aromatic N) is 1. The maximum absolute atomic E-state index is 12.6. The fourth-order valence-corrected chi connectivity index (χ4v) is 3.42. The van der Waals surface area contributed by atoms with Crippen LogP contribution in [0.5, 0.6) is 23.0 Å². The molecule has 1 amide bonds. The normalized spacial score (nSPS) is 14.2. The number of hydrogen-bond donors (Lipinski definition) is 1. The topological polar surface area (TPSA) is 109 Å². The van der Waals surface area contributed by atoms with Crippen molar-refractivity contribution in [2.45, 2.75) is 6.42 Å². The smallest absolute Gasteiger partial charge is 0.286 e. The Morgan fingerprint density at radius 2 is 1.66 bits per heavy atom. The average molecular weight is 421 g/mol. The predicted molar refractivity (Wildman–Crippen MR) is 103 cm³/mol. The Bertz CT molecular complexity index is 980. The van der Waals surface area contributed by atoms with Crippen molar-refractivity contribution in [1.82, 2.24) is 5.32 Å². The van der Waals surface area contributed by atoms with Crippen LogP contribution in [0.4, 0.5) is 5.69 Å². The Kier molecular flexibility index (Phi) is 5.30. The molecular formula is C19H17ClN2O7. The maximum Gasteiger partial charge on any atom is 0.286 e. The van der Waals surface area contributed by atoms with Crippen LogP contribution in [0.2, 0.25) is 5.02 Å². The van der Waals surface area contributed by atoms with E-state index in [1.807, 2.05) is 0 Å². The first kappa shape index (κ1) is 19.1. The van der Waals surface area contributed by atoms with Crippen molar-refractivity contribution < 1.29 is 28.7 Å². The summed E-state index contributed by atoms with van der Waals surface area (Å²) < 4.78 is 21.8. The lowest BCUT2D eigenvalue weighted by Gasteiger charge is -2.20. The van der Waals surface area contributed by atoms with Gasteiger partial charge < -0.3 is 24.3 Å². The van der Waals surface area contributed by atoms with Gasteiger partial charge in [-0.2, -0.15) is 0 Å². The Labute approximate surface area is 170 Å². The number of hydrogen-bond acceptors (Lipinski definition) is 7. The third-order valence-electron chi connectivity index (χ3n) is 4.46. The van der Waals surface area contributed by atoms with Crippen molar-refractivity contribution in [3.63, 3.8) is 0 Å². The van der Waals surface area contributed by atoms with Crippen LogP contribution in [0, 0.1) is 10.1 Å². The van der Waals surface area contributed by atoms with Crippen molar-refractivity contribution in [3.05, 3.63) is 50.5 Å². The van der Waals surface area contributed by atoms with Gasteiger partial charge in [-0.25, -0.2) is 0 Å². The molecule has 0 fully saturated rings. The molecule has 0 radical (unpaired) electrons. The monoisotopic (exact) mass is 420 g/mol. The number of fused-ring (bicyclic) bond motifs is 2. The number of benzene rings is 2. The van der Waals surface area contributed by atoms with Gasteiger partial charge in [0.25, 0.3) is 11.6 Å². The highest BCUT2D eigenvalue weighted by Crippen LogP contribution is 2.39. The first-order valence-corrected chi connectivity index (χ1v) is 9.35. The van der Waals surface area contributed by atoms with E-state index in [1.165, 1.54) is 12.1 Å². The molecular weight excluding hydrogens is 404 g/mol. The minimum atomic E-state index is -0.617. The number of carbonyl (C=O) groups excluding carboxylic acids is 1. The molecule has 0 unspecified atom stereocenters. The van der Waals surface area contributed by atoms with E-state index in [2.05, 4.69) is 5.32 Å². The summed E-state index contributed by atoms with van der Waals surface area (Å²) in [4.78, 5) is 23.3. The Morgan fingerprint density at radius 1 is 1.00 bits per heavy atom. The first-order valence-electron chi connectivity index (χ1n) is 8.97. The molecule has 2 aromatic rings. The van der Waals surface area contributed by atoms with Gasteiger partial charge in [0.15, 0.2) is 23.0 Å². The molecule has 2 aromatic carbocycles. The second-order valence-corrected chi connectivity index (χ2v) is 6.79.